The zero-order chi connectivity index (χ0) is 26.3. The summed E-state index contributed by atoms with van der Waals surface area (Å²) in [6.45, 7) is 6.40. The third-order valence-electron chi connectivity index (χ3n) is 8.30. The van der Waals surface area contributed by atoms with Crippen LogP contribution in [0.25, 0.3) is 17.2 Å². The lowest BCUT2D eigenvalue weighted by Crippen LogP contribution is -2.43. The topological polar surface area (TPSA) is 72.7 Å². The van der Waals surface area contributed by atoms with E-state index in [1.54, 1.807) is 20.5 Å². The number of fused-ring (bicyclic) bond motifs is 1. The van der Waals surface area contributed by atoms with E-state index < -0.39 is 0 Å². The van der Waals surface area contributed by atoms with Crippen LogP contribution in [0.3, 0.4) is 0 Å². The molecule has 0 unspecified atom stereocenters. The number of methoxy groups -OCH3 is 2. The number of aliphatic imine (C=N–C) groups is 1. The quantitative estimate of drug-likeness (QED) is 0.416. The molecule has 38 heavy (non-hydrogen) atoms. The SMILES string of the molecule is COc1cccc(C2=C(C)N=C(C3(C)CCN(c4ncnc5c4C=C(c4ccc(OC)nc4)C5)CC3)C2)c1. The van der Waals surface area contributed by atoms with E-state index in [1.807, 2.05) is 18.3 Å². The van der Waals surface area contributed by atoms with Crippen molar-refractivity contribution < 1.29 is 9.47 Å². The third kappa shape index (κ3) is 4.36. The minimum Gasteiger partial charge on any atom is -0.497 e. The molecule has 0 N–H and O–H groups in total. The van der Waals surface area contributed by atoms with Crippen LogP contribution in [-0.4, -0.2) is 48.0 Å². The van der Waals surface area contributed by atoms with E-state index in [-0.39, 0.29) is 5.41 Å². The molecule has 3 aliphatic rings. The number of hydrogen-bond acceptors (Lipinski definition) is 7. The monoisotopic (exact) mass is 507 g/mol. The van der Waals surface area contributed by atoms with Gasteiger partial charge in [-0.05, 0) is 66.3 Å². The van der Waals surface area contributed by atoms with Crippen LogP contribution in [0, 0.1) is 5.41 Å². The summed E-state index contributed by atoms with van der Waals surface area (Å²) in [5.41, 5.74) is 9.53. The van der Waals surface area contributed by atoms with Gasteiger partial charge in [-0.2, -0.15) is 0 Å². The number of nitrogens with zero attached hydrogens (tertiary/aromatic N) is 5. The molecule has 2 aromatic heterocycles. The predicted molar refractivity (Wildman–Crippen MR) is 152 cm³/mol. The first-order valence-corrected chi connectivity index (χ1v) is 13.2. The third-order valence-corrected chi connectivity index (χ3v) is 8.30. The zero-order valence-corrected chi connectivity index (χ0v) is 22.5. The Labute approximate surface area is 224 Å². The number of rotatable bonds is 6. The summed E-state index contributed by atoms with van der Waals surface area (Å²) < 4.78 is 10.7. The summed E-state index contributed by atoms with van der Waals surface area (Å²) >= 11 is 0. The molecule has 0 amide bonds. The maximum Gasteiger partial charge on any atom is 0.212 e. The van der Waals surface area contributed by atoms with Crippen molar-refractivity contribution in [2.24, 2.45) is 10.4 Å². The number of pyridine rings is 1. The van der Waals surface area contributed by atoms with Gasteiger partial charge in [0.2, 0.25) is 5.88 Å². The van der Waals surface area contributed by atoms with E-state index in [0.717, 1.165) is 72.9 Å². The van der Waals surface area contributed by atoms with Crippen molar-refractivity contribution in [3.63, 3.8) is 0 Å². The zero-order valence-electron chi connectivity index (χ0n) is 22.5. The van der Waals surface area contributed by atoms with Crippen LogP contribution in [0.4, 0.5) is 5.82 Å². The average molecular weight is 508 g/mol. The minimum atomic E-state index is 0.0738. The fraction of sp³-hybridized carbons (Fsp3) is 0.355. The van der Waals surface area contributed by atoms with Crippen molar-refractivity contribution in [1.82, 2.24) is 15.0 Å². The highest BCUT2D eigenvalue weighted by Gasteiger charge is 2.38. The van der Waals surface area contributed by atoms with Crippen LogP contribution in [0.15, 0.2) is 59.6 Å². The molecule has 0 spiro atoms. The number of aromatic nitrogens is 3. The first-order valence-electron chi connectivity index (χ1n) is 13.2. The molecular weight excluding hydrogens is 474 g/mol. The molecule has 0 atom stereocenters. The maximum absolute atomic E-state index is 5.45. The van der Waals surface area contributed by atoms with Crippen LogP contribution in [0.2, 0.25) is 0 Å². The fourth-order valence-corrected chi connectivity index (χ4v) is 5.82. The first kappa shape index (κ1) is 24.3. The molecule has 2 aliphatic heterocycles. The molecule has 1 aromatic carbocycles. The standard InChI is InChI=1S/C31H33N5O2/c1-20-25(21-6-5-7-24(14-21)37-3)17-28(35-20)31(2)10-12-36(13-11-31)30-26-15-23(16-27(26)33-19-34-30)22-8-9-29(38-4)32-18-22/h5-9,14-15,18-19H,10-13,16-17H2,1-4H3. The van der Waals surface area contributed by atoms with Gasteiger partial charge in [-0.15, -0.1) is 0 Å². The summed E-state index contributed by atoms with van der Waals surface area (Å²) in [4.78, 5) is 21.2. The molecule has 194 valence electrons. The normalized spacial score (nSPS) is 18.3. The van der Waals surface area contributed by atoms with Crippen molar-refractivity contribution in [1.29, 1.82) is 0 Å². The molecule has 1 aliphatic carbocycles. The van der Waals surface area contributed by atoms with Crippen LogP contribution in [0.5, 0.6) is 11.6 Å². The van der Waals surface area contributed by atoms with Crippen molar-refractivity contribution in [2.75, 3.05) is 32.2 Å². The number of anilines is 1. The van der Waals surface area contributed by atoms with Crippen molar-refractivity contribution in [2.45, 2.75) is 39.5 Å². The van der Waals surface area contributed by atoms with Gasteiger partial charge in [0.05, 0.1) is 19.9 Å². The van der Waals surface area contributed by atoms with Gasteiger partial charge in [0.25, 0.3) is 0 Å². The van der Waals surface area contributed by atoms with Gasteiger partial charge in [0.1, 0.15) is 17.9 Å². The second kappa shape index (κ2) is 9.71. The molecular formula is C31H33N5O2. The van der Waals surface area contributed by atoms with Gasteiger partial charge in [-0.25, -0.2) is 15.0 Å². The van der Waals surface area contributed by atoms with E-state index in [1.165, 1.54) is 22.4 Å². The van der Waals surface area contributed by atoms with E-state index >= 15 is 0 Å². The Morgan fingerprint density at radius 3 is 2.50 bits per heavy atom. The average Bonchev–Trinajstić information content (AvgIpc) is 3.58. The van der Waals surface area contributed by atoms with Crippen LogP contribution < -0.4 is 14.4 Å². The van der Waals surface area contributed by atoms with Crippen LogP contribution >= 0.6 is 0 Å². The van der Waals surface area contributed by atoms with Crippen molar-refractivity contribution in [3.05, 3.63) is 77.0 Å². The van der Waals surface area contributed by atoms with Crippen molar-refractivity contribution in [3.8, 4) is 11.6 Å². The van der Waals surface area contributed by atoms with Crippen LogP contribution in [0.1, 0.15) is 55.5 Å². The molecule has 0 saturated carbocycles. The summed E-state index contributed by atoms with van der Waals surface area (Å²) in [6.07, 6.45) is 9.59. The molecule has 1 saturated heterocycles. The molecule has 1 fully saturated rings. The summed E-state index contributed by atoms with van der Waals surface area (Å²) in [7, 11) is 3.35. The van der Waals surface area contributed by atoms with Gasteiger partial charge < -0.3 is 14.4 Å². The lowest BCUT2D eigenvalue weighted by Gasteiger charge is -2.40. The van der Waals surface area contributed by atoms with Gasteiger partial charge in [0.15, 0.2) is 0 Å². The Bertz CT molecular complexity index is 1460. The highest BCUT2D eigenvalue weighted by molar-refractivity contribution is 6.03. The van der Waals surface area contributed by atoms with E-state index in [4.69, 9.17) is 19.5 Å². The maximum atomic E-state index is 5.45. The summed E-state index contributed by atoms with van der Waals surface area (Å²) in [5.74, 6) is 2.54. The number of benzene rings is 1. The molecule has 6 rings (SSSR count). The first-order chi connectivity index (χ1) is 18.5. The van der Waals surface area contributed by atoms with E-state index in [9.17, 15) is 0 Å². The highest BCUT2D eigenvalue weighted by atomic mass is 16.5. The van der Waals surface area contributed by atoms with Gasteiger partial charge >= 0.3 is 0 Å². The van der Waals surface area contributed by atoms with Gasteiger partial charge in [-0.1, -0.05) is 19.1 Å². The number of ether oxygens (including phenoxy) is 2. The minimum absolute atomic E-state index is 0.0738. The molecule has 7 nitrogen and oxygen atoms in total. The Hall–Kier alpha value is -4.00. The van der Waals surface area contributed by atoms with E-state index in [0.29, 0.717) is 5.88 Å². The van der Waals surface area contributed by atoms with Gasteiger partial charge in [-0.3, -0.25) is 4.99 Å². The predicted octanol–water partition coefficient (Wildman–Crippen LogP) is 5.87. The summed E-state index contributed by atoms with van der Waals surface area (Å²) in [6, 6.07) is 12.3. The molecule has 0 bridgehead atoms. The fourth-order valence-electron chi connectivity index (χ4n) is 5.82. The Morgan fingerprint density at radius 1 is 0.921 bits per heavy atom. The molecule has 0 radical (unpaired) electrons. The largest absolute Gasteiger partial charge is 0.497 e. The second-order valence-electron chi connectivity index (χ2n) is 10.6. The van der Waals surface area contributed by atoms with Gasteiger partial charge in [0, 0.05) is 60.6 Å². The lowest BCUT2D eigenvalue weighted by atomic mass is 9.74. The molecule has 3 aromatic rings. The Morgan fingerprint density at radius 2 is 1.76 bits per heavy atom. The number of hydrogen-bond donors (Lipinski definition) is 0. The Kier molecular flexibility index (Phi) is 6.22. The number of allylic oxidation sites excluding steroid dienone is 3. The smallest absolute Gasteiger partial charge is 0.212 e. The van der Waals surface area contributed by atoms with Crippen molar-refractivity contribution >= 4 is 28.8 Å². The lowest BCUT2D eigenvalue weighted by molar-refractivity contribution is 0.351. The van der Waals surface area contributed by atoms with E-state index in [2.05, 4.69) is 59.1 Å². The second-order valence-corrected chi connectivity index (χ2v) is 10.6. The van der Waals surface area contributed by atoms with Crippen LogP contribution in [-0.2, 0) is 6.42 Å². The summed E-state index contributed by atoms with van der Waals surface area (Å²) in [5, 5.41) is 0. The molecule has 4 heterocycles. The number of piperidine rings is 1. The highest BCUT2D eigenvalue weighted by Crippen LogP contribution is 2.43. The Balaban J connectivity index is 1.17. The molecule has 7 heteroatoms.